The quantitative estimate of drug-likeness (QED) is 0.889. The lowest BCUT2D eigenvalue weighted by molar-refractivity contribution is 0.534. The molecule has 0 saturated heterocycles. The average molecular weight is 279 g/mol. The lowest BCUT2D eigenvalue weighted by Crippen LogP contribution is -2.19. The topological polar surface area (TPSA) is 89.6 Å². The molecular weight excluding hydrogens is 262 g/mol. The van der Waals surface area contributed by atoms with Gasteiger partial charge in [-0.05, 0) is 50.2 Å². The fourth-order valence-electron chi connectivity index (χ4n) is 1.67. The molecule has 0 bridgehead atoms. The van der Waals surface area contributed by atoms with E-state index in [0.29, 0.717) is 5.16 Å². The molecule has 0 unspecified atom stereocenters. The van der Waals surface area contributed by atoms with Crippen LogP contribution in [0.15, 0.2) is 33.3 Å². The maximum atomic E-state index is 11.6. The van der Waals surface area contributed by atoms with Crippen molar-refractivity contribution in [3.63, 3.8) is 0 Å². The molecular formula is C12H17N5OS. The molecule has 2 heterocycles. The molecule has 0 spiro atoms. The van der Waals surface area contributed by atoms with Gasteiger partial charge in [-0.2, -0.15) is 0 Å². The summed E-state index contributed by atoms with van der Waals surface area (Å²) in [5.74, 6) is 0. The van der Waals surface area contributed by atoms with Crippen molar-refractivity contribution in [1.82, 2.24) is 19.7 Å². The Hall–Kier alpha value is -1.60. The fraction of sp³-hybridized carbons (Fsp3) is 0.417. The van der Waals surface area contributed by atoms with Crippen LogP contribution in [-0.2, 0) is 0 Å². The van der Waals surface area contributed by atoms with Gasteiger partial charge in [0.05, 0.1) is 0 Å². The van der Waals surface area contributed by atoms with Gasteiger partial charge in [-0.1, -0.05) is 0 Å². The van der Waals surface area contributed by atoms with E-state index < -0.39 is 0 Å². The van der Waals surface area contributed by atoms with E-state index in [-0.39, 0.29) is 17.8 Å². The number of hydrogen-bond donors (Lipinski definition) is 2. The van der Waals surface area contributed by atoms with Crippen LogP contribution >= 0.6 is 11.8 Å². The van der Waals surface area contributed by atoms with Crippen LogP contribution in [0.25, 0.3) is 0 Å². The molecule has 0 saturated carbocycles. The molecule has 6 nitrogen and oxygen atoms in total. The smallest absolute Gasteiger partial charge is 0.324 e. The minimum atomic E-state index is -0.208. The summed E-state index contributed by atoms with van der Waals surface area (Å²) in [5.41, 5.74) is 6.64. The molecule has 0 aromatic carbocycles. The first-order chi connectivity index (χ1) is 8.99. The van der Waals surface area contributed by atoms with E-state index in [1.54, 1.807) is 10.8 Å². The zero-order chi connectivity index (χ0) is 14.0. The third-order valence-corrected chi connectivity index (χ3v) is 3.57. The Morgan fingerprint density at radius 3 is 2.79 bits per heavy atom. The second-order valence-corrected chi connectivity index (χ2v) is 5.58. The minimum absolute atomic E-state index is 0.0466. The van der Waals surface area contributed by atoms with Gasteiger partial charge in [0.2, 0.25) is 0 Å². The van der Waals surface area contributed by atoms with Crippen molar-refractivity contribution in [2.24, 2.45) is 5.73 Å². The van der Waals surface area contributed by atoms with Crippen LogP contribution in [0, 0.1) is 0 Å². The summed E-state index contributed by atoms with van der Waals surface area (Å²) in [4.78, 5) is 15.9. The average Bonchev–Trinajstić information content (AvgIpc) is 2.70. The lowest BCUT2D eigenvalue weighted by atomic mass is 10.1. The monoisotopic (exact) mass is 279 g/mol. The summed E-state index contributed by atoms with van der Waals surface area (Å²) in [5, 5.41) is 7.86. The van der Waals surface area contributed by atoms with Gasteiger partial charge in [0.1, 0.15) is 5.03 Å². The summed E-state index contributed by atoms with van der Waals surface area (Å²) in [7, 11) is 0. The van der Waals surface area contributed by atoms with Crippen molar-refractivity contribution in [2.75, 3.05) is 0 Å². The molecule has 0 fully saturated rings. The SMILES string of the molecule is CC(C)n1c(Sc2cc([C@H](C)N)ccn2)n[nH]c1=O. The number of aromatic nitrogens is 4. The van der Waals surface area contributed by atoms with Crippen molar-refractivity contribution in [3.8, 4) is 0 Å². The summed E-state index contributed by atoms with van der Waals surface area (Å²) in [6.07, 6.45) is 1.71. The predicted octanol–water partition coefficient (Wildman–Crippen LogP) is 1.72. The largest absolute Gasteiger partial charge is 0.344 e. The molecule has 19 heavy (non-hydrogen) atoms. The number of nitrogens with one attached hydrogen (secondary N) is 1. The highest BCUT2D eigenvalue weighted by Gasteiger charge is 2.13. The third kappa shape index (κ3) is 3.05. The Labute approximate surface area is 115 Å². The molecule has 3 N–H and O–H groups in total. The maximum Gasteiger partial charge on any atom is 0.344 e. The van der Waals surface area contributed by atoms with Crippen molar-refractivity contribution in [3.05, 3.63) is 34.4 Å². The molecule has 2 rings (SSSR count). The minimum Gasteiger partial charge on any atom is -0.324 e. The standard InChI is InChI=1S/C12H17N5OS/c1-7(2)17-11(18)15-16-12(17)19-10-6-9(8(3)13)4-5-14-10/h4-8H,13H2,1-3H3,(H,15,18)/t8-/m0/s1. The zero-order valence-corrected chi connectivity index (χ0v) is 11.9. The van der Waals surface area contributed by atoms with Crippen molar-refractivity contribution in [1.29, 1.82) is 0 Å². The Morgan fingerprint density at radius 1 is 1.42 bits per heavy atom. The zero-order valence-electron chi connectivity index (χ0n) is 11.1. The Morgan fingerprint density at radius 2 is 2.16 bits per heavy atom. The van der Waals surface area contributed by atoms with Gasteiger partial charge < -0.3 is 5.73 Å². The number of aromatic amines is 1. The molecule has 102 valence electrons. The first-order valence-corrected chi connectivity index (χ1v) is 6.87. The van der Waals surface area contributed by atoms with Crippen molar-refractivity contribution in [2.45, 2.75) is 43.0 Å². The van der Waals surface area contributed by atoms with Gasteiger partial charge in [0.15, 0.2) is 5.16 Å². The van der Waals surface area contributed by atoms with Gasteiger partial charge in [0.25, 0.3) is 0 Å². The summed E-state index contributed by atoms with van der Waals surface area (Å²) in [6.45, 7) is 5.79. The van der Waals surface area contributed by atoms with Crippen molar-refractivity contribution < 1.29 is 0 Å². The second-order valence-electron chi connectivity index (χ2n) is 4.59. The van der Waals surface area contributed by atoms with Gasteiger partial charge in [-0.25, -0.2) is 14.9 Å². The fourth-order valence-corrected chi connectivity index (χ4v) is 2.65. The normalized spacial score (nSPS) is 12.9. The highest BCUT2D eigenvalue weighted by molar-refractivity contribution is 7.99. The van der Waals surface area contributed by atoms with E-state index in [4.69, 9.17) is 5.73 Å². The molecule has 1 atom stereocenters. The number of hydrogen-bond acceptors (Lipinski definition) is 5. The van der Waals surface area contributed by atoms with Crippen LogP contribution < -0.4 is 11.4 Å². The first-order valence-electron chi connectivity index (χ1n) is 6.05. The Kier molecular flexibility index (Phi) is 4.06. The van der Waals surface area contributed by atoms with Gasteiger partial charge in [-0.3, -0.25) is 4.57 Å². The van der Waals surface area contributed by atoms with Gasteiger partial charge in [0, 0.05) is 18.3 Å². The Balaban J connectivity index is 2.31. The highest BCUT2D eigenvalue weighted by Crippen LogP contribution is 2.26. The van der Waals surface area contributed by atoms with Gasteiger partial charge >= 0.3 is 5.69 Å². The molecule has 7 heteroatoms. The molecule has 0 aliphatic carbocycles. The number of H-pyrrole nitrogens is 1. The van der Waals surface area contributed by atoms with Crippen LogP contribution in [0.4, 0.5) is 0 Å². The molecule has 0 aliphatic rings. The van der Waals surface area contributed by atoms with Crippen LogP contribution in [0.2, 0.25) is 0 Å². The number of nitrogens with two attached hydrogens (primary N) is 1. The maximum absolute atomic E-state index is 11.6. The summed E-state index contributed by atoms with van der Waals surface area (Å²) in [6, 6.07) is 3.80. The van der Waals surface area contributed by atoms with E-state index in [1.807, 2.05) is 32.9 Å². The first kappa shape index (κ1) is 13.8. The van der Waals surface area contributed by atoms with Crippen LogP contribution in [-0.4, -0.2) is 19.7 Å². The molecule has 0 amide bonds. The van der Waals surface area contributed by atoms with Crippen LogP contribution in [0.1, 0.15) is 38.4 Å². The third-order valence-electron chi connectivity index (χ3n) is 2.67. The number of nitrogens with zero attached hydrogens (tertiary/aromatic N) is 3. The molecule has 0 aliphatic heterocycles. The van der Waals surface area contributed by atoms with E-state index >= 15 is 0 Å². The van der Waals surface area contributed by atoms with Crippen LogP contribution in [0.5, 0.6) is 0 Å². The van der Waals surface area contributed by atoms with Gasteiger partial charge in [-0.15, -0.1) is 5.10 Å². The Bertz CT molecular complexity index is 617. The van der Waals surface area contributed by atoms with Crippen molar-refractivity contribution >= 4 is 11.8 Å². The van der Waals surface area contributed by atoms with Crippen LogP contribution in [0.3, 0.4) is 0 Å². The van der Waals surface area contributed by atoms with E-state index in [2.05, 4.69) is 15.2 Å². The van der Waals surface area contributed by atoms with E-state index in [1.165, 1.54) is 11.8 Å². The van der Waals surface area contributed by atoms with E-state index in [9.17, 15) is 4.79 Å². The predicted molar refractivity (Wildman–Crippen MR) is 74.2 cm³/mol. The lowest BCUT2D eigenvalue weighted by Gasteiger charge is -2.09. The number of pyridine rings is 1. The number of rotatable bonds is 4. The van der Waals surface area contributed by atoms with E-state index in [0.717, 1.165) is 10.6 Å². The summed E-state index contributed by atoms with van der Waals surface area (Å²) >= 11 is 1.35. The molecule has 0 radical (unpaired) electrons. The second kappa shape index (κ2) is 5.58. The summed E-state index contributed by atoms with van der Waals surface area (Å²) < 4.78 is 1.60. The molecule has 2 aromatic rings. The molecule has 2 aromatic heterocycles. The highest BCUT2D eigenvalue weighted by atomic mass is 32.2.